The van der Waals surface area contributed by atoms with Gasteiger partial charge in [0.05, 0.1) is 6.04 Å². The summed E-state index contributed by atoms with van der Waals surface area (Å²) in [7, 11) is 1.88. The molecule has 1 saturated carbocycles. The highest BCUT2D eigenvalue weighted by molar-refractivity contribution is 5.81. The zero-order valence-electron chi connectivity index (χ0n) is 8.10. The molecule has 1 atom stereocenters. The third-order valence-corrected chi connectivity index (χ3v) is 2.88. The number of rotatable bonds is 4. The van der Waals surface area contributed by atoms with Gasteiger partial charge in [0.2, 0.25) is 0 Å². The molecule has 1 N–H and O–H groups in total. The first-order valence-electron chi connectivity index (χ1n) is 4.91. The second-order valence-electron chi connectivity index (χ2n) is 3.84. The Bertz CT molecular complexity index is 150. The number of nitrogens with one attached hydrogen (secondary N) is 1. The molecule has 1 aliphatic carbocycles. The van der Waals surface area contributed by atoms with Crippen molar-refractivity contribution < 1.29 is 4.79 Å². The first kappa shape index (κ1) is 9.72. The molecule has 0 heterocycles. The Morgan fingerprint density at radius 1 is 1.50 bits per heavy atom. The van der Waals surface area contributed by atoms with Crippen LogP contribution in [0.2, 0.25) is 0 Å². The monoisotopic (exact) mass is 169 g/mol. The highest BCUT2D eigenvalue weighted by Crippen LogP contribution is 2.28. The molecule has 12 heavy (non-hydrogen) atoms. The maximum absolute atomic E-state index is 11.1. The normalized spacial score (nSPS) is 21.2. The number of likely N-dealkylation sites (N-methyl/N-ethyl adjacent to an activating group) is 1. The van der Waals surface area contributed by atoms with Crippen LogP contribution in [-0.2, 0) is 4.79 Å². The van der Waals surface area contributed by atoms with Crippen LogP contribution in [0.4, 0.5) is 0 Å². The molecule has 0 aromatic rings. The number of carbonyl (C=O) groups is 1. The molecule has 2 nitrogen and oxygen atoms in total. The van der Waals surface area contributed by atoms with Gasteiger partial charge < -0.3 is 5.32 Å². The Morgan fingerprint density at radius 3 is 2.50 bits per heavy atom. The van der Waals surface area contributed by atoms with E-state index in [0.717, 1.165) is 12.3 Å². The Hall–Kier alpha value is -0.370. The highest BCUT2D eigenvalue weighted by Gasteiger charge is 2.21. The summed E-state index contributed by atoms with van der Waals surface area (Å²) < 4.78 is 0. The van der Waals surface area contributed by atoms with Crippen LogP contribution >= 0.6 is 0 Å². The van der Waals surface area contributed by atoms with E-state index in [-0.39, 0.29) is 11.8 Å². The van der Waals surface area contributed by atoms with Crippen molar-refractivity contribution in [1.82, 2.24) is 5.32 Å². The molecule has 70 valence electrons. The van der Waals surface area contributed by atoms with Gasteiger partial charge in [-0.05, 0) is 26.3 Å². The van der Waals surface area contributed by atoms with E-state index in [1.807, 2.05) is 7.05 Å². The number of Topliss-reactive ketones (excluding diaryl/α,β-unsaturated/α-hetero) is 1. The molecule has 0 spiro atoms. The van der Waals surface area contributed by atoms with Gasteiger partial charge in [-0.1, -0.05) is 25.7 Å². The van der Waals surface area contributed by atoms with Crippen molar-refractivity contribution in [3.05, 3.63) is 0 Å². The lowest BCUT2D eigenvalue weighted by atomic mass is 9.96. The van der Waals surface area contributed by atoms with E-state index in [0.29, 0.717) is 0 Å². The Kier molecular flexibility index (Phi) is 3.73. The lowest BCUT2D eigenvalue weighted by molar-refractivity contribution is -0.119. The fourth-order valence-corrected chi connectivity index (χ4v) is 2.07. The van der Waals surface area contributed by atoms with Gasteiger partial charge in [0, 0.05) is 0 Å². The molecule has 1 aliphatic rings. The van der Waals surface area contributed by atoms with E-state index in [1.165, 1.54) is 25.7 Å². The molecular weight excluding hydrogens is 150 g/mol. The number of carbonyl (C=O) groups excluding carboxylic acids is 1. The lowest BCUT2D eigenvalue weighted by Crippen LogP contribution is -2.33. The van der Waals surface area contributed by atoms with Gasteiger partial charge in [0.25, 0.3) is 0 Å². The number of ketones is 1. The summed E-state index contributed by atoms with van der Waals surface area (Å²) in [5.41, 5.74) is 0. The molecule has 0 aromatic heterocycles. The van der Waals surface area contributed by atoms with Crippen molar-refractivity contribution in [3.8, 4) is 0 Å². The minimum absolute atomic E-state index is 0.105. The molecule has 0 radical (unpaired) electrons. The van der Waals surface area contributed by atoms with Crippen LogP contribution in [0.5, 0.6) is 0 Å². The highest BCUT2D eigenvalue weighted by atomic mass is 16.1. The average molecular weight is 169 g/mol. The van der Waals surface area contributed by atoms with Crippen molar-refractivity contribution in [2.75, 3.05) is 7.05 Å². The van der Waals surface area contributed by atoms with Crippen LogP contribution in [-0.4, -0.2) is 18.9 Å². The van der Waals surface area contributed by atoms with E-state index < -0.39 is 0 Å². The predicted octanol–water partition coefficient (Wildman–Crippen LogP) is 1.74. The van der Waals surface area contributed by atoms with Gasteiger partial charge in [-0.25, -0.2) is 0 Å². The van der Waals surface area contributed by atoms with Crippen molar-refractivity contribution in [2.24, 2.45) is 5.92 Å². The Balaban J connectivity index is 2.30. The second kappa shape index (κ2) is 4.61. The van der Waals surface area contributed by atoms with Gasteiger partial charge >= 0.3 is 0 Å². The molecule has 0 aliphatic heterocycles. The van der Waals surface area contributed by atoms with Crippen LogP contribution < -0.4 is 5.32 Å². The summed E-state index contributed by atoms with van der Waals surface area (Å²) >= 11 is 0. The molecule has 0 bridgehead atoms. The molecule has 0 saturated heterocycles. The van der Waals surface area contributed by atoms with Crippen molar-refractivity contribution >= 4 is 5.78 Å². The van der Waals surface area contributed by atoms with Gasteiger partial charge in [0.15, 0.2) is 0 Å². The summed E-state index contributed by atoms with van der Waals surface area (Å²) in [6, 6.07) is 0.105. The standard InChI is InChI=1S/C10H19NO/c1-8(12)10(11-2)7-9-5-3-4-6-9/h9-11H,3-7H2,1-2H3/t10-/m1/s1. The molecular formula is C10H19NO. The molecule has 0 unspecified atom stereocenters. The summed E-state index contributed by atoms with van der Waals surface area (Å²) in [5.74, 6) is 1.08. The Morgan fingerprint density at radius 2 is 2.08 bits per heavy atom. The molecule has 0 aromatic carbocycles. The Labute approximate surface area is 74.7 Å². The van der Waals surface area contributed by atoms with Gasteiger partial charge in [-0.3, -0.25) is 4.79 Å². The van der Waals surface area contributed by atoms with Gasteiger partial charge in [-0.2, -0.15) is 0 Å². The van der Waals surface area contributed by atoms with Crippen molar-refractivity contribution in [1.29, 1.82) is 0 Å². The minimum atomic E-state index is 0.105. The zero-order chi connectivity index (χ0) is 8.97. The van der Waals surface area contributed by atoms with Gasteiger partial charge in [0.1, 0.15) is 5.78 Å². The third kappa shape index (κ3) is 2.59. The summed E-state index contributed by atoms with van der Waals surface area (Å²) in [4.78, 5) is 11.1. The molecule has 0 amide bonds. The molecule has 1 rings (SSSR count). The van der Waals surface area contributed by atoms with Crippen molar-refractivity contribution in [2.45, 2.75) is 45.1 Å². The fraction of sp³-hybridized carbons (Fsp3) is 0.900. The van der Waals surface area contributed by atoms with Crippen LogP contribution in [0.1, 0.15) is 39.0 Å². The quantitative estimate of drug-likeness (QED) is 0.694. The molecule has 2 heteroatoms. The topological polar surface area (TPSA) is 29.1 Å². The smallest absolute Gasteiger partial charge is 0.146 e. The maximum atomic E-state index is 11.1. The van der Waals surface area contributed by atoms with Crippen LogP contribution in [0.15, 0.2) is 0 Å². The van der Waals surface area contributed by atoms with Gasteiger partial charge in [-0.15, -0.1) is 0 Å². The van der Waals surface area contributed by atoms with E-state index in [1.54, 1.807) is 6.92 Å². The van der Waals surface area contributed by atoms with E-state index in [2.05, 4.69) is 5.32 Å². The summed E-state index contributed by atoms with van der Waals surface area (Å²) in [5, 5.41) is 3.08. The number of hydrogen-bond acceptors (Lipinski definition) is 2. The first-order chi connectivity index (χ1) is 5.74. The van der Waals surface area contributed by atoms with E-state index in [9.17, 15) is 4.79 Å². The van der Waals surface area contributed by atoms with Crippen LogP contribution in [0, 0.1) is 5.92 Å². The molecule has 1 fully saturated rings. The zero-order valence-corrected chi connectivity index (χ0v) is 8.10. The lowest BCUT2D eigenvalue weighted by Gasteiger charge is -2.16. The summed E-state index contributed by atoms with van der Waals surface area (Å²) in [6.07, 6.45) is 6.42. The fourth-order valence-electron chi connectivity index (χ4n) is 2.07. The SMILES string of the molecule is CN[C@H](CC1CCCC1)C(C)=O. The van der Waals surface area contributed by atoms with E-state index >= 15 is 0 Å². The third-order valence-electron chi connectivity index (χ3n) is 2.88. The average Bonchev–Trinajstić information content (AvgIpc) is 2.51. The van der Waals surface area contributed by atoms with E-state index in [4.69, 9.17) is 0 Å². The second-order valence-corrected chi connectivity index (χ2v) is 3.84. The minimum Gasteiger partial charge on any atom is -0.311 e. The first-order valence-corrected chi connectivity index (χ1v) is 4.91. The van der Waals surface area contributed by atoms with Crippen molar-refractivity contribution in [3.63, 3.8) is 0 Å². The summed E-state index contributed by atoms with van der Waals surface area (Å²) in [6.45, 7) is 1.68. The largest absolute Gasteiger partial charge is 0.311 e. The van der Waals surface area contributed by atoms with Crippen LogP contribution in [0.25, 0.3) is 0 Å². The maximum Gasteiger partial charge on any atom is 0.146 e. The van der Waals surface area contributed by atoms with Crippen LogP contribution in [0.3, 0.4) is 0 Å². The number of hydrogen-bond donors (Lipinski definition) is 1. The predicted molar refractivity (Wildman–Crippen MR) is 50.1 cm³/mol.